The number of methoxy groups -OCH3 is 1. The highest BCUT2D eigenvalue weighted by Crippen LogP contribution is 2.33. The average Bonchev–Trinajstić information content (AvgIpc) is 2.83. The predicted molar refractivity (Wildman–Crippen MR) is 128 cm³/mol. The summed E-state index contributed by atoms with van der Waals surface area (Å²) in [5.74, 6) is 2.55. The highest BCUT2D eigenvalue weighted by atomic mass is 16.5. The van der Waals surface area contributed by atoms with E-state index < -0.39 is 0 Å². The molecule has 4 aromatic rings. The van der Waals surface area contributed by atoms with Crippen LogP contribution in [0.3, 0.4) is 0 Å². The lowest BCUT2D eigenvalue weighted by atomic mass is 10.0. The second-order valence-electron chi connectivity index (χ2n) is 7.38. The largest absolute Gasteiger partial charge is 0.497 e. The Hall–Kier alpha value is -3.79. The number of hydrogen-bond acceptors (Lipinski definition) is 4. The summed E-state index contributed by atoms with van der Waals surface area (Å²) in [6.45, 7) is 4.92. The van der Waals surface area contributed by atoms with Gasteiger partial charge in [-0.2, -0.15) is 0 Å². The number of rotatable bonds is 8. The van der Waals surface area contributed by atoms with E-state index in [1.807, 2.05) is 30.3 Å². The standard InChI is InChI=1S/C27H26N2O2/c1-4-16-31-22-12-10-20(11-13-22)19-29(2)27-18-25(21-8-6-5-7-9-21)24-15-14-23(30-3)17-26(24)28-27/h4-15,17-18H,1,16,19H2,2-3H3. The van der Waals surface area contributed by atoms with Crippen molar-refractivity contribution in [3.05, 3.63) is 97.1 Å². The van der Waals surface area contributed by atoms with Gasteiger partial charge in [-0.3, -0.25) is 0 Å². The minimum atomic E-state index is 0.506. The van der Waals surface area contributed by atoms with Crippen molar-refractivity contribution >= 4 is 16.7 Å². The molecule has 0 N–H and O–H groups in total. The Bertz CT molecular complexity index is 1170. The molecule has 1 aromatic heterocycles. The third kappa shape index (κ3) is 4.69. The molecule has 3 aromatic carbocycles. The van der Waals surface area contributed by atoms with Crippen LogP contribution in [0.5, 0.6) is 11.5 Å². The maximum Gasteiger partial charge on any atom is 0.129 e. The van der Waals surface area contributed by atoms with Gasteiger partial charge in [0.25, 0.3) is 0 Å². The average molecular weight is 411 g/mol. The number of fused-ring (bicyclic) bond motifs is 1. The zero-order valence-electron chi connectivity index (χ0n) is 17.9. The number of ether oxygens (including phenoxy) is 2. The van der Waals surface area contributed by atoms with Crippen molar-refractivity contribution < 1.29 is 9.47 Å². The molecule has 0 aliphatic heterocycles. The minimum Gasteiger partial charge on any atom is -0.497 e. The van der Waals surface area contributed by atoms with Crippen LogP contribution < -0.4 is 14.4 Å². The van der Waals surface area contributed by atoms with E-state index in [4.69, 9.17) is 14.5 Å². The lowest BCUT2D eigenvalue weighted by Crippen LogP contribution is -2.17. The van der Waals surface area contributed by atoms with Crippen LogP contribution in [0.4, 0.5) is 5.82 Å². The summed E-state index contributed by atoms with van der Waals surface area (Å²) >= 11 is 0. The number of hydrogen-bond donors (Lipinski definition) is 0. The Morgan fingerprint density at radius 1 is 0.935 bits per heavy atom. The van der Waals surface area contributed by atoms with E-state index in [0.717, 1.165) is 40.3 Å². The number of aromatic nitrogens is 1. The molecular formula is C27H26N2O2. The second-order valence-corrected chi connectivity index (χ2v) is 7.38. The van der Waals surface area contributed by atoms with Gasteiger partial charge in [0.15, 0.2) is 0 Å². The van der Waals surface area contributed by atoms with Crippen LogP contribution in [0.2, 0.25) is 0 Å². The first-order valence-corrected chi connectivity index (χ1v) is 10.3. The molecule has 4 heteroatoms. The van der Waals surface area contributed by atoms with E-state index in [0.29, 0.717) is 6.61 Å². The number of benzene rings is 3. The van der Waals surface area contributed by atoms with E-state index in [-0.39, 0.29) is 0 Å². The first kappa shape index (κ1) is 20.5. The molecule has 0 radical (unpaired) electrons. The smallest absolute Gasteiger partial charge is 0.129 e. The van der Waals surface area contributed by atoms with Crippen molar-refractivity contribution in [2.45, 2.75) is 6.54 Å². The molecule has 0 amide bonds. The van der Waals surface area contributed by atoms with Crippen LogP contribution in [0, 0.1) is 0 Å². The first-order chi connectivity index (χ1) is 15.2. The Labute approximate surface area is 183 Å². The first-order valence-electron chi connectivity index (χ1n) is 10.3. The normalized spacial score (nSPS) is 10.6. The van der Waals surface area contributed by atoms with E-state index in [9.17, 15) is 0 Å². The molecule has 0 unspecified atom stereocenters. The topological polar surface area (TPSA) is 34.6 Å². The van der Waals surface area contributed by atoms with Gasteiger partial charge in [0.05, 0.1) is 12.6 Å². The molecular weight excluding hydrogens is 384 g/mol. The summed E-state index contributed by atoms with van der Waals surface area (Å²) in [6.07, 6.45) is 1.74. The lowest BCUT2D eigenvalue weighted by molar-refractivity contribution is 0.363. The second kappa shape index (κ2) is 9.35. The molecule has 0 atom stereocenters. The van der Waals surface area contributed by atoms with Gasteiger partial charge in [0, 0.05) is 25.0 Å². The fourth-order valence-electron chi connectivity index (χ4n) is 3.57. The van der Waals surface area contributed by atoms with Crippen molar-refractivity contribution in [1.29, 1.82) is 0 Å². The minimum absolute atomic E-state index is 0.506. The SMILES string of the molecule is C=CCOc1ccc(CN(C)c2cc(-c3ccccc3)c3ccc(OC)cc3n2)cc1. The van der Waals surface area contributed by atoms with Crippen LogP contribution in [0.1, 0.15) is 5.56 Å². The van der Waals surface area contributed by atoms with Gasteiger partial charge < -0.3 is 14.4 Å². The predicted octanol–water partition coefficient (Wildman–Crippen LogP) is 6.11. The van der Waals surface area contributed by atoms with Crippen LogP contribution in [0.25, 0.3) is 22.0 Å². The summed E-state index contributed by atoms with van der Waals surface area (Å²) < 4.78 is 11.0. The van der Waals surface area contributed by atoms with Crippen LogP contribution in [-0.2, 0) is 6.54 Å². The van der Waals surface area contributed by atoms with Crippen molar-refractivity contribution in [3.8, 4) is 22.6 Å². The zero-order valence-corrected chi connectivity index (χ0v) is 17.9. The van der Waals surface area contributed by atoms with Crippen LogP contribution >= 0.6 is 0 Å². The van der Waals surface area contributed by atoms with E-state index in [1.165, 1.54) is 11.1 Å². The summed E-state index contributed by atoms with van der Waals surface area (Å²) in [7, 11) is 3.74. The molecule has 31 heavy (non-hydrogen) atoms. The number of pyridine rings is 1. The van der Waals surface area contributed by atoms with Gasteiger partial charge in [-0.15, -0.1) is 0 Å². The van der Waals surface area contributed by atoms with Crippen molar-refractivity contribution in [2.24, 2.45) is 0 Å². The van der Waals surface area contributed by atoms with E-state index in [2.05, 4.69) is 67.1 Å². The van der Waals surface area contributed by atoms with E-state index in [1.54, 1.807) is 13.2 Å². The zero-order chi connectivity index (χ0) is 21.6. The molecule has 1 heterocycles. The summed E-state index contributed by atoms with van der Waals surface area (Å²) in [4.78, 5) is 7.09. The lowest BCUT2D eigenvalue weighted by Gasteiger charge is -2.21. The van der Waals surface area contributed by atoms with Gasteiger partial charge in [0.2, 0.25) is 0 Å². The number of anilines is 1. The molecule has 0 bridgehead atoms. The van der Waals surface area contributed by atoms with Gasteiger partial charge in [-0.05, 0) is 47.0 Å². The Morgan fingerprint density at radius 2 is 1.68 bits per heavy atom. The maximum absolute atomic E-state index is 5.58. The fourth-order valence-corrected chi connectivity index (χ4v) is 3.57. The molecule has 156 valence electrons. The third-order valence-electron chi connectivity index (χ3n) is 5.19. The molecule has 0 saturated carbocycles. The van der Waals surface area contributed by atoms with E-state index >= 15 is 0 Å². The van der Waals surface area contributed by atoms with Gasteiger partial charge in [-0.25, -0.2) is 4.98 Å². The molecule has 4 nitrogen and oxygen atoms in total. The van der Waals surface area contributed by atoms with Crippen molar-refractivity contribution in [3.63, 3.8) is 0 Å². The molecule has 4 rings (SSSR count). The van der Waals surface area contributed by atoms with Crippen molar-refractivity contribution in [1.82, 2.24) is 4.98 Å². The maximum atomic E-state index is 5.58. The Balaban J connectivity index is 1.68. The molecule has 0 aliphatic carbocycles. The Kier molecular flexibility index (Phi) is 6.18. The summed E-state index contributed by atoms with van der Waals surface area (Å²) in [5, 5.41) is 1.10. The molecule has 0 aliphatic rings. The molecule has 0 saturated heterocycles. The quantitative estimate of drug-likeness (QED) is 0.328. The fraction of sp³-hybridized carbons (Fsp3) is 0.148. The van der Waals surface area contributed by atoms with Gasteiger partial charge in [0.1, 0.15) is 23.9 Å². The summed E-state index contributed by atoms with van der Waals surface area (Å²) in [5.41, 5.74) is 4.42. The third-order valence-corrected chi connectivity index (χ3v) is 5.19. The van der Waals surface area contributed by atoms with Crippen LogP contribution in [-0.4, -0.2) is 25.7 Å². The molecule has 0 fully saturated rings. The van der Waals surface area contributed by atoms with Gasteiger partial charge in [-0.1, -0.05) is 55.1 Å². The highest BCUT2D eigenvalue weighted by Gasteiger charge is 2.12. The monoisotopic (exact) mass is 410 g/mol. The highest BCUT2D eigenvalue weighted by molar-refractivity contribution is 5.96. The van der Waals surface area contributed by atoms with Gasteiger partial charge >= 0.3 is 0 Å². The Morgan fingerprint density at radius 3 is 2.39 bits per heavy atom. The summed E-state index contributed by atoms with van der Waals surface area (Å²) in [6, 6.07) is 26.8. The molecule has 0 spiro atoms. The van der Waals surface area contributed by atoms with Crippen molar-refractivity contribution in [2.75, 3.05) is 25.7 Å². The number of nitrogens with zero attached hydrogens (tertiary/aromatic N) is 2. The van der Waals surface area contributed by atoms with Crippen LogP contribution in [0.15, 0.2) is 91.5 Å².